The number of para-hydroxylation sites is 1. The molecule has 0 aliphatic heterocycles. The molecule has 0 heterocycles. The molecule has 3 amide bonds. The number of aryl methyl sites for hydroxylation is 1. The van der Waals surface area contributed by atoms with E-state index in [1.54, 1.807) is 66.7 Å². The number of hydrogen-bond donors (Lipinski definition) is 4. The number of nitrogens with one attached hydrogen (secondary N) is 2. The normalized spacial score (nSPS) is 14.2. The number of rotatable bonds is 9. The van der Waals surface area contributed by atoms with Crippen LogP contribution in [0.25, 0.3) is 0 Å². The van der Waals surface area contributed by atoms with E-state index >= 15 is 0 Å². The lowest BCUT2D eigenvalue weighted by Crippen LogP contribution is -2.57. The fourth-order valence-corrected chi connectivity index (χ4v) is 3.29. The Morgan fingerprint density at radius 1 is 1.12 bits per heavy atom. The van der Waals surface area contributed by atoms with Gasteiger partial charge < -0.3 is 30.5 Å². The second-order valence-electron chi connectivity index (χ2n) is 9.46. The molecule has 1 aromatic rings. The Kier molecular flexibility index (Phi) is 10.2. The molecule has 33 heavy (non-hydrogen) atoms. The van der Waals surface area contributed by atoms with Gasteiger partial charge >= 0.3 is 6.09 Å². The standard InChI is InChI=1S/C24H39N3O6/c1-9-16(5)27(22(31)18(13-28)26-23(32)33-24(6,7)8)19(21(30)25-14(2)3)17-12-10-11-15(4)20(17)29/h10-12,14,16,18-19,28-29H,9,13H2,1-8H3,(H,25,30)(H,26,32). The van der Waals surface area contributed by atoms with Crippen molar-refractivity contribution in [3.05, 3.63) is 29.3 Å². The summed E-state index contributed by atoms with van der Waals surface area (Å²) in [5.41, 5.74) is 0.0177. The number of benzene rings is 1. The molecule has 0 spiro atoms. The van der Waals surface area contributed by atoms with Gasteiger partial charge in [0.05, 0.1) is 6.61 Å². The number of aliphatic hydroxyl groups excluding tert-OH is 1. The van der Waals surface area contributed by atoms with Crippen molar-refractivity contribution >= 4 is 17.9 Å². The first-order chi connectivity index (χ1) is 15.2. The van der Waals surface area contributed by atoms with Gasteiger partial charge in [0.15, 0.2) is 0 Å². The number of hydrogen-bond acceptors (Lipinski definition) is 6. The largest absolute Gasteiger partial charge is 0.507 e. The number of carbonyl (C=O) groups is 3. The second kappa shape index (κ2) is 11.9. The summed E-state index contributed by atoms with van der Waals surface area (Å²) >= 11 is 0. The van der Waals surface area contributed by atoms with Crippen molar-refractivity contribution in [2.45, 2.75) is 91.6 Å². The van der Waals surface area contributed by atoms with E-state index in [0.29, 0.717) is 12.0 Å². The van der Waals surface area contributed by atoms with Crippen molar-refractivity contribution in [3.63, 3.8) is 0 Å². The fourth-order valence-electron chi connectivity index (χ4n) is 3.29. The van der Waals surface area contributed by atoms with E-state index in [1.807, 2.05) is 6.92 Å². The number of carbonyl (C=O) groups excluding carboxylic acids is 3. The average molecular weight is 466 g/mol. The molecule has 0 aliphatic rings. The molecule has 1 aromatic carbocycles. The Balaban J connectivity index is 3.51. The lowest BCUT2D eigenvalue weighted by Gasteiger charge is -2.38. The Morgan fingerprint density at radius 2 is 1.73 bits per heavy atom. The molecule has 0 saturated carbocycles. The molecule has 0 bridgehead atoms. The maximum Gasteiger partial charge on any atom is 0.408 e. The van der Waals surface area contributed by atoms with Crippen LogP contribution in [-0.4, -0.2) is 63.4 Å². The molecule has 9 heteroatoms. The quantitative estimate of drug-likeness (QED) is 0.444. The Bertz CT molecular complexity index is 834. The number of aliphatic hydroxyl groups is 1. The van der Waals surface area contributed by atoms with E-state index in [2.05, 4.69) is 10.6 Å². The highest BCUT2D eigenvalue weighted by Gasteiger charge is 2.39. The third-order valence-corrected chi connectivity index (χ3v) is 5.01. The van der Waals surface area contributed by atoms with Crippen LogP contribution in [0, 0.1) is 6.92 Å². The van der Waals surface area contributed by atoms with Gasteiger partial charge in [-0.3, -0.25) is 9.59 Å². The molecule has 0 aliphatic carbocycles. The summed E-state index contributed by atoms with van der Waals surface area (Å²) in [6.45, 7) is 13.3. The summed E-state index contributed by atoms with van der Waals surface area (Å²) in [6.07, 6.45) is -0.366. The lowest BCUT2D eigenvalue weighted by molar-refractivity contribution is -0.146. The van der Waals surface area contributed by atoms with Crippen LogP contribution in [0.1, 0.15) is 72.1 Å². The van der Waals surface area contributed by atoms with E-state index in [0.717, 1.165) is 0 Å². The highest BCUT2D eigenvalue weighted by Crippen LogP contribution is 2.34. The molecule has 9 nitrogen and oxygen atoms in total. The highest BCUT2D eigenvalue weighted by atomic mass is 16.6. The number of nitrogens with zero attached hydrogens (tertiary/aromatic N) is 1. The van der Waals surface area contributed by atoms with Crippen molar-refractivity contribution in [2.75, 3.05) is 6.61 Å². The van der Waals surface area contributed by atoms with Crippen LogP contribution >= 0.6 is 0 Å². The minimum Gasteiger partial charge on any atom is -0.507 e. The van der Waals surface area contributed by atoms with Crippen molar-refractivity contribution in [3.8, 4) is 5.75 Å². The number of phenols is 1. The summed E-state index contributed by atoms with van der Waals surface area (Å²) in [6, 6.07) is 1.81. The molecule has 3 unspecified atom stereocenters. The summed E-state index contributed by atoms with van der Waals surface area (Å²) in [5.74, 6) is -1.24. The van der Waals surface area contributed by atoms with Gasteiger partial charge in [0.2, 0.25) is 11.8 Å². The van der Waals surface area contributed by atoms with Gasteiger partial charge in [-0.15, -0.1) is 0 Å². The SMILES string of the molecule is CCC(C)N(C(=O)C(CO)NC(=O)OC(C)(C)C)C(C(=O)NC(C)C)c1cccc(C)c1O. The molecule has 4 N–H and O–H groups in total. The van der Waals surface area contributed by atoms with Gasteiger partial charge in [-0.2, -0.15) is 0 Å². The molecule has 186 valence electrons. The molecule has 0 aromatic heterocycles. The first kappa shape index (κ1) is 28.2. The van der Waals surface area contributed by atoms with E-state index in [4.69, 9.17) is 4.74 Å². The highest BCUT2D eigenvalue weighted by molar-refractivity contribution is 5.93. The van der Waals surface area contributed by atoms with Crippen LogP contribution < -0.4 is 10.6 Å². The van der Waals surface area contributed by atoms with Crippen molar-refractivity contribution in [1.82, 2.24) is 15.5 Å². The zero-order chi connectivity index (χ0) is 25.5. The topological polar surface area (TPSA) is 128 Å². The van der Waals surface area contributed by atoms with E-state index in [1.165, 1.54) is 4.90 Å². The third kappa shape index (κ3) is 7.92. The van der Waals surface area contributed by atoms with E-state index in [9.17, 15) is 24.6 Å². The van der Waals surface area contributed by atoms with E-state index < -0.39 is 48.2 Å². The Hall–Kier alpha value is -2.81. The average Bonchev–Trinajstić information content (AvgIpc) is 2.69. The van der Waals surface area contributed by atoms with Gasteiger partial charge in [-0.1, -0.05) is 25.1 Å². The predicted octanol–water partition coefficient (Wildman–Crippen LogP) is 2.78. The predicted molar refractivity (Wildman–Crippen MR) is 126 cm³/mol. The monoisotopic (exact) mass is 465 g/mol. The summed E-state index contributed by atoms with van der Waals surface area (Å²) in [4.78, 5) is 40.5. The van der Waals surface area contributed by atoms with Crippen LogP contribution in [0.3, 0.4) is 0 Å². The zero-order valence-electron chi connectivity index (χ0n) is 20.9. The molecular formula is C24H39N3O6. The van der Waals surface area contributed by atoms with Gasteiger partial charge in [-0.25, -0.2) is 4.79 Å². The van der Waals surface area contributed by atoms with Gasteiger partial charge in [0.25, 0.3) is 0 Å². The van der Waals surface area contributed by atoms with E-state index in [-0.39, 0.29) is 17.4 Å². The lowest BCUT2D eigenvalue weighted by atomic mass is 9.97. The van der Waals surface area contributed by atoms with Crippen molar-refractivity contribution in [2.24, 2.45) is 0 Å². The van der Waals surface area contributed by atoms with Crippen LogP contribution in [0.4, 0.5) is 4.79 Å². The molecule has 0 radical (unpaired) electrons. The van der Waals surface area contributed by atoms with Crippen molar-refractivity contribution in [1.29, 1.82) is 0 Å². The number of ether oxygens (including phenoxy) is 1. The minimum atomic E-state index is -1.34. The van der Waals surface area contributed by atoms with Crippen LogP contribution in [0.5, 0.6) is 5.75 Å². The van der Waals surface area contributed by atoms with Crippen LogP contribution in [0.2, 0.25) is 0 Å². The molecule has 3 atom stereocenters. The number of alkyl carbamates (subject to hydrolysis) is 1. The first-order valence-electron chi connectivity index (χ1n) is 11.2. The minimum absolute atomic E-state index is 0.0943. The van der Waals surface area contributed by atoms with Crippen LogP contribution in [-0.2, 0) is 14.3 Å². The maximum absolute atomic E-state index is 13.6. The Labute approximate surface area is 196 Å². The van der Waals surface area contributed by atoms with Crippen LogP contribution in [0.15, 0.2) is 18.2 Å². The van der Waals surface area contributed by atoms with Gasteiger partial charge in [0.1, 0.15) is 23.4 Å². The molecule has 0 saturated heterocycles. The second-order valence-corrected chi connectivity index (χ2v) is 9.46. The van der Waals surface area contributed by atoms with Crippen molar-refractivity contribution < 1.29 is 29.3 Å². The number of amides is 3. The third-order valence-electron chi connectivity index (χ3n) is 5.01. The smallest absolute Gasteiger partial charge is 0.408 e. The maximum atomic E-state index is 13.6. The summed E-state index contributed by atoms with van der Waals surface area (Å²) in [7, 11) is 0. The van der Waals surface area contributed by atoms with Gasteiger partial charge in [-0.05, 0) is 60.5 Å². The zero-order valence-corrected chi connectivity index (χ0v) is 20.9. The summed E-state index contributed by atoms with van der Waals surface area (Å²) < 4.78 is 5.22. The number of phenolic OH excluding ortho intramolecular Hbond substituents is 1. The summed E-state index contributed by atoms with van der Waals surface area (Å²) in [5, 5.41) is 25.9. The fraction of sp³-hybridized carbons (Fsp3) is 0.625. The molecule has 1 rings (SSSR count). The first-order valence-corrected chi connectivity index (χ1v) is 11.2. The number of aromatic hydroxyl groups is 1. The molecule has 0 fully saturated rings. The Morgan fingerprint density at radius 3 is 2.21 bits per heavy atom. The molecular weight excluding hydrogens is 426 g/mol. The van der Waals surface area contributed by atoms with Gasteiger partial charge in [0, 0.05) is 17.6 Å².